The second kappa shape index (κ2) is 38.8. The summed E-state index contributed by atoms with van der Waals surface area (Å²) in [6.07, 6.45) is -13.5. The topological polar surface area (TPSA) is 289 Å². The molecule has 3 N–H and O–H groups in total. The molecule has 109 heavy (non-hydrogen) atoms. The highest BCUT2D eigenvalue weighted by atomic mass is 19.4. The summed E-state index contributed by atoms with van der Waals surface area (Å²) in [7, 11) is 10.8. The molecule has 0 aromatic heterocycles. The van der Waals surface area contributed by atoms with Crippen LogP contribution in [0.3, 0.4) is 0 Å². The number of hydrogen-bond donors (Lipinski definition) is 3. The largest absolute Gasteiger partial charge is 0.397 e. The van der Waals surface area contributed by atoms with Crippen molar-refractivity contribution >= 4 is 70.9 Å². The van der Waals surface area contributed by atoms with Crippen molar-refractivity contribution in [1.82, 2.24) is 60.0 Å². The predicted molar refractivity (Wildman–Crippen MR) is 383 cm³/mol. The van der Waals surface area contributed by atoms with E-state index < -0.39 is 230 Å². The fourth-order valence-electron chi connectivity index (χ4n) is 17.0. The van der Waals surface area contributed by atoms with Crippen LogP contribution in [0.5, 0.6) is 0 Å². The van der Waals surface area contributed by atoms with Crippen molar-refractivity contribution < 1.29 is 102 Å². The van der Waals surface area contributed by atoms with E-state index in [1.807, 2.05) is 0 Å². The fraction of sp³-hybridized carbons (Fsp3) is 0.813. The molecule has 1 spiro atoms. The first-order valence-corrected chi connectivity index (χ1v) is 38.8. The Morgan fingerprint density at radius 1 is 0.661 bits per heavy atom. The second-order valence-electron chi connectivity index (χ2n) is 31.5. The highest BCUT2D eigenvalue weighted by Crippen LogP contribution is 2.46. The lowest BCUT2D eigenvalue weighted by Gasteiger charge is -2.46. The maximum absolute atomic E-state index is 15.6. The van der Waals surface area contributed by atoms with Crippen molar-refractivity contribution in [1.29, 1.82) is 0 Å². The van der Waals surface area contributed by atoms with Gasteiger partial charge in [0.2, 0.25) is 70.9 Å². The monoisotopic (exact) mass is 1560 g/mol. The summed E-state index contributed by atoms with van der Waals surface area (Å²) in [5.74, 6) is -17.0. The molecule has 12 amide bonds. The van der Waals surface area contributed by atoms with Gasteiger partial charge in [0, 0.05) is 89.1 Å². The molecule has 2 saturated heterocycles. The number of halogens is 8. The third-order valence-electron chi connectivity index (χ3n) is 24.2. The van der Waals surface area contributed by atoms with Gasteiger partial charge in [0.1, 0.15) is 72.1 Å². The molecule has 616 valence electrons. The molecule has 0 aromatic carbocycles. The van der Waals surface area contributed by atoms with Crippen LogP contribution in [0, 0.1) is 35.5 Å². The lowest BCUT2D eigenvalue weighted by molar-refractivity contribution is -0.219. The van der Waals surface area contributed by atoms with Gasteiger partial charge in [0.05, 0.1) is 38.1 Å². The Hall–Kier alpha value is -7.26. The van der Waals surface area contributed by atoms with Gasteiger partial charge in [0.15, 0.2) is 0 Å². The molecule has 34 heteroatoms. The van der Waals surface area contributed by atoms with Gasteiger partial charge >= 0.3 is 12.4 Å². The molecule has 7 rings (SSSR count). The molecule has 4 saturated carbocycles. The van der Waals surface area contributed by atoms with Crippen molar-refractivity contribution in [2.45, 2.75) is 254 Å². The Bertz CT molecular complexity index is 3230. The molecule has 3 unspecified atom stereocenters. The predicted octanol–water partition coefficient (Wildman–Crippen LogP) is 5.73. The number of alkyl halides is 8. The lowest BCUT2D eigenvalue weighted by atomic mass is 9.74. The van der Waals surface area contributed by atoms with Crippen molar-refractivity contribution in [3.05, 3.63) is 12.2 Å². The average molecular weight is 1560 g/mol. The van der Waals surface area contributed by atoms with Gasteiger partial charge in [-0.25, -0.2) is 8.78 Å². The molecular weight excluding hydrogens is 1440 g/mol. The number of hydrogen-bond acceptors (Lipinski definition) is 14. The molecule has 2 bridgehead atoms. The van der Waals surface area contributed by atoms with Gasteiger partial charge in [-0.15, -0.1) is 0 Å². The quantitative estimate of drug-likeness (QED) is 0.130. The zero-order valence-corrected chi connectivity index (χ0v) is 65.2. The van der Waals surface area contributed by atoms with E-state index in [2.05, 4.69) is 16.0 Å². The minimum absolute atomic E-state index is 0.00736. The standard InChI is InChI=1S/C75H116F8N12O14/c1-13-44(4)62-70(105)89(7)43-60(98)91(9)54-24-17-16-20-33-94(69(54)104)57(38-45-25-28-48(29-26-45)74(78,79)80)68(103)88(6)42-58(96)84-52(30-27-46-36-50(76)61(51(77)37-46)75(81,82)83)66(101)95-41-49(109-15-3)39-55(95)65(100)86-73(31-21-32-73)72(107)93(11)63(47-22-18-19-23-47)71(106)92(10)56(67(102)87(5)34-35-108-12)40-59(97)90(8)53(14-2)64(99)85-62/h16-17,44-57,61-63H,13-15,18-43H2,1-12H3,(H,84,96)(H,85,99)(H,86,100)/b17-16-/t44-,45?,46?,48?,49+,50?,51?,52-,53-,54-,55-,56-,57-,61?,62?,63-/m0/s1. The minimum Gasteiger partial charge on any atom is -0.383 e. The number of carbonyl (C=O) groups is 12. The first kappa shape index (κ1) is 88.9. The van der Waals surface area contributed by atoms with Gasteiger partial charge in [-0.2, -0.15) is 26.3 Å². The van der Waals surface area contributed by atoms with Gasteiger partial charge in [-0.05, 0) is 140 Å². The molecule has 26 nitrogen and oxygen atoms in total. The Morgan fingerprint density at radius 3 is 1.86 bits per heavy atom. The van der Waals surface area contributed by atoms with Gasteiger partial charge in [0.25, 0.3) is 0 Å². The average Bonchev–Trinajstić information content (AvgIpc) is 1.72. The minimum atomic E-state index is -5.22. The summed E-state index contributed by atoms with van der Waals surface area (Å²) in [5.41, 5.74) is -1.71. The Balaban J connectivity index is 1.32. The fourth-order valence-corrected chi connectivity index (χ4v) is 17.0. The molecule has 3 heterocycles. The normalized spacial score (nSPS) is 31.7. The van der Waals surface area contributed by atoms with E-state index >= 15 is 37.5 Å². The van der Waals surface area contributed by atoms with E-state index in [0.717, 1.165) is 29.4 Å². The number of fused-ring (bicyclic) bond motifs is 3. The summed E-state index contributed by atoms with van der Waals surface area (Å²) in [5, 5.41) is 8.36. The number of carbonyl (C=O) groups excluding carboxylic acids is 12. The van der Waals surface area contributed by atoms with Gasteiger partial charge in [-0.3, -0.25) is 57.5 Å². The molecular formula is C75H116F8N12O14. The summed E-state index contributed by atoms with van der Waals surface area (Å²) >= 11 is 0. The van der Waals surface area contributed by atoms with E-state index in [0.29, 0.717) is 38.5 Å². The van der Waals surface area contributed by atoms with E-state index in [9.17, 15) is 55.1 Å². The van der Waals surface area contributed by atoms with Crippen LogP contribution in [0.4, 0.5) is 35.1 Å². The number of ether oxygens (including phenoxy) is 2. The van der Waals surface area contributed by atoms with Crippen molar-refractivity contribution in [3.63, 3.8) is 0 Å². The molecule has 0 radical (unpaired) electrons. The van der Waals surface area contributed by atoms with Crippen molar-refractivity contribution in [2.75, 3.05) is 102 Å². The third-order valence-corrected chi connectivity index (χ3v) is 24.2. The number of rotatable bonds is 15. The van der Waals surface area contributed by atoms with Crippen LogP contribution in [0.25, 0.3) is 0 Å². The first-order chi connectivity index (χ1) is 51.2. The zero-order valence-electron chi connectivity index (χ0n) is 65.2. The molecule has 12 atom stereocenters. The van der Waals surface area contributed by atoms with Crippen LogP contribution in [-0.4, -0.2) is 302 Å². The maximum Gasteiger partial charge on any atom is 0.397 e. The number of nitrogens with zero attached hydrogens (tertiary/aromatic N) is 9. The van der Waals surface area contributed by atoms with Crippen LogP contribution in [0.15, 0.2) is 12.2 Å². The smallest absolute Gasteiger partial charge is 0.383 e. The van der Waals surface area contributed by atoms with Gasteiger partial charge in [-0.1, -0.05) is 52.2 Å². The molecule has 3 aliphatic heterocycles. The van der Waals surface area contributed by atoms with Gasteiger partial charge < -0.3 is 69.5 Å². The first-order valence-electron chi connectivity index (χ1n) is 38.8. The lowest BCUT2D eigenvalue weighted by Crippen LogP contribution is -2.68. The summed E-state index contributed by atoms with van der Waals surface area (Å²) < 4.78 is 127. The van der Waals surface area contributed by atoms with Crippen LogP contribution in [-0.2, 0) is 67.0 Å². The van der Waals surface area contributed by atoms with Crippen molar-refractivity contribution in [3.8, 4) is 0 Å². The molecule has 0 aromatic rings. The zero-order chi connectivity index (χ0) is 80.9. The highest BCUT2D eigenvalue weighted by Gasteiger charge is 2.56. The summed E-state index contributed by atoms with van der Waals surface area (Å²) in [6.45, 7) is 4.89. The Morgan fingerprint density at radius 2 is 1.29 bits per heavy atom. The van der Waals surface area contributed by atoms with Crippen LogP contribution >= 0.6 is 0 Å². The van der Waals surface area contributed by atoms with E-state index in [1.54, 1.807) is 39.8 Å². The van der Waals surface area contributed by atoms with Crippen molar-refractivity contribution in [2.24, 2.45) is 35.5 Å². The number of nitrogens with one attached hydrogen (secondary N) is 3. The summed E-state index contributed by atoms with van der Waals surface area (Å²) in [6, 6.07) is -11.5. The van der Waals surface area contributed by atoms with E-state index in [-0.39, 0.29) is 110 Å². The van der Waals surface area contributed by atoms with E-state index in [4.69, 9.17) is 9.47 Å². The van der Waals surface area contributed by atoms with E-state index in [1.165, 1.54) is 71.1 Å². The molecule has 4 aliphatic carbocycles. The number of amides is 12. The van der Waals surface area contributed by atoms with Crippen LogP contribution in [0.1, 0.15) is 169 Å². The highest BCUT2D eigenvalue weighted by molar-refractivity contribution is 6.01. The third kappa shape index (κ3) is 21.7. The number of likely N-dealkylation sites (N-methyl/N-ethyl adjacent to an activating group) is 7. The SMILES string of the molecule is CCO[C@@H]1C[C@H]2C(=O)NC3(CCC3)C(=O)N(C)[C@@H](C3CCCC3)C(=O)N(C)[C@H](C(=O)N(C)CCOC)CC(=O)N(C)[C@@H](CC)C(=O)NC([C@@H](C)CC)C(=O)N(C)CC(=O)N(C)[C@H]3C/C=C\CCN(C3=O)[C@@H](CC3CCC(C(F)(F)F)CC3)C(=O)N(C)CC(=O)N[C@@H](CCC3CC(F)C(C(F)(F)F)C(F)C3)C(=O)N2C1. The van der Waals surface area contributed by atoms with Crippen LogP contribution in [0.2, 0.25) is 0 Å². The molecule has 7 aliphatic rings. The second-order valence-corrected chi connectivity index (χ2v) is 31.5. The number of methoxy groups -OCH3 is 1. The summed E-state index contributed by atoms with van der Waals surface area (Å²) in [4.78, 5) is 191. The maximum atomic E-state index is 15.6. The molecule has 6 fully saturated rings. The Kier molecular flexibility index (Phi) is 31.7. The van der Waals surface area contributed by atoms with Crippen LogP contribution < -0.4 is 16.0 Å². The Labute approximate surface area is 634 Å².